The number of piperidine rings is 1. The molecule has 0 N–H and O–H groups in total. The van der Waals surface area contributed by atoms with Gasteiger partial charge in [0.05, 0.1) is 0 Å². The minimum absolute atomic E-state index is 0.769. The number of hydrogen-bond donors (Lipinski definition) is 0. The van der Waals surface area contributed by atoms with Crippen LogP contribution in [0.1, 0.15) is 24.0 Å². The van der Waals surface area contributed by atoms with Gasteiger partial charge in [-0.3, -0.25) is 14.7 Å². The van der Waals surface area contributed by atoms with E-state index in [0.29, 0.717) is 0 Å². The molecule has 2 aromatic carbocycles. The Hall–Kier alpha value is -1.39. The van der Waals surface area contributed by atoms with Crippen LogP contribution in [0.15, 0.2) is 54.6 Å². The highest BCUT2D eigenvalue weighted by molar-refractivity contribution is 6.30. The van der Waals surface area contributed by atoms with Crippen LogP contribution in [0.3, 0.4) is 0 Å². The Labute approximate surface area is 168 Å². The van der Waals surface area contributed by atoms with Gasteiger partial charge in [0.1, 0.15) is 0 Å². The first kappa shape index (κ1) is 18.9. The van der Waals surface area contributed by atoms with E-state index < -0.39 is 0 Å². The molecule has 2 heterocycles. The standard InChI is InChI=1S/C23H30ClN3/c24-22-8-4-7-21(17-22)19-26-13-15-27(16-14-26)23-9-11-25(12-10-23)18-20-5-2-1-3-6-20/h1-8,17,23H,9-16,18-19H2. The lowest BCUT2D eigenvalue weighted by Crippen LogP contribution is -2.52. The average molecular weight is 384 g/mol. The molecule has 0 radical (unpaired) electrons. The van der Waals surface area contributed by atoms with Gasteiger partial charge in [-0.1, -0.05) is 54.1 Å². The highest BCUT2D eigenvalue weighted by atomic mass is 35.5. The van der Waals surface area contributed by atoms with Gasteiger partial charge in [0.25, 0.3) is 0 Å². The first-order chi connectivity index (χ1) is 13.3. The van der Waals surface area contributed by atoms with Gasteiger partial charge in [0.2, 0.25) is 0 Å². The van der Waals surface area contributed by atoms with Crippen LogP contribution in [-0.4, -0.2) is 60.0 Å². The topological polar surface area (TPSA) is 9.72 Å². The van der Waals surface area contributed by atoms with Crippen LogP contribution >= 0.6 is 11.6 Å². The van der Waals surface area contributed by atoms with Crippen LogP contribution in [0, 0.1) is 0 Å². The Morgan fingerprint density at radius 1 is 0.704 bits per heavy atom. The maximum atomic E-state index is 6.12. The van der Waals surface area contributed by atoms with Crippen LogP contribution < -0.4 is 0 Å². The molecule has 0 unspecified atom stereocenters. The lowest BCUT2D eigenvalue weighted by Gasteiger charge is -2.43. The van der Waals surface area contributed by atoms with Crippen LogP contribution in [0.25, 0.3) is 0 Å². The molecule has 2 aromatic rings. The minimum atomic E-state index is 0.769. The SMILES string of the molecule is Clc1cccc(CN2CCN(C3CCN(Cc4ccccc4)CC3)CC2)c1. The fourth-order valence-electron chi connectivity index (χ4n) is 4.46. The van der Waals surface area contributed by atoms with Gasteiger partial charge in [0, 0.05) is 50.3 Å². The van der Waals surface area contributed by atoms with Gasteiger partial charge in [-0.2, -0.15) is 0 Å². The summed E-state index contributed by atoms with van der Waals surface area (Å²) in [6.07, 6.45) is 2.61. The summed E-state index contributed by atoms with van der Waals surface area (Å²) in [5.41, 5.74) is 2.76. The highest BCUT2D eigenvalue weighted by Crippen LogP contribution is 2.21. The molecule has 144 valence electrons. The van der Waals surface area contributed by atoms with Crippen molar-refractivity contribution >= 4 is 11.6 Å². The fraction of sp³-hybridized carbons (Fsp3) is 0.478. The summed E-state index contributed by atoms with van der Waals surface area (Å²) < 4.78 is 0. The van der Waals surface area contributed by atoms with E-state index >= 15 is 0 Å². The molecule has 0 amide bonds. The third-order valence-corrected chi connectivity index (χ3v) is 6.26. The summed E-state index contributed by atoms with van der Waals surface area (Å²) in [7, 11) is 0. The fourth-order valence-corrected chi connectivity index (χ4v) is 4.68. The lowest BCUT2D eigenvalue weighted by atomic mass is 10.0. The second kappa shape index (κ2) is 9.20. The van der Waals surface area contributed by atoms with E-state index in [1.165, 1.54) is 50.1 Å². The van der Waals surface area contributed by atoms with Crippen molar-refractivity contribution in [2.45, 2.75) is 32.0 Å². The summed E-state index contributed by atoms with van der Waals surface area (Å²) in [6, 6.07) is 19.9. The van der Waals surface area contributed by atoms with Gasteiger partial charge in [0.15, 0.2) is 0 Å². The van der Waals surface area contributed by atoms with Gasteiger partial charge >= 0.3 is 0 Å². The monoisotopic (exact) mass is 383 g/mol. The van der Waals surface area contributed by atoms with Crippen LogP contribution in [0.2, 0.25) is 5.02 Å². The summed E-state index contributed by atoms with van der Waals surface area (Å²) in [5.74, 6) is 0. The molecule has 3 nitrogen and oxygen atoms in total. The van der Waals surface area contributed by atoms with Crippen molar-refractivity contribution in [3.05, 3.63) is 70.7 Å². The second-order valence-electron chi connectivity index (χ2n) is 7.93. The number of benzene rings is 2. The third kappa shape index (κ3) is 5.32. The van der Waals surface area contributed by atoms with Crippen molar-refractivity contribution in [3.63, 3.8) is 0 Å². The maximum absolute atomic E-state index is 6.12. The van der Waals surface area contributed by atoms with E-state index in [1.54, 1.807) is 0 Å². The molecular weight excluding hydrogens is 354 g/mol. The van der Waals surface area contributed by atoms with Crippen molar-refractivity contribution in [2.75, 3.05) is 39.3 Å². The summed E-state index contributed by atoms with van der Waals surface area (Å²) >= 11 is 6.12. The number of rotatable bonds is 5. The van der Waals surface area contributed by atoms with Crippen molar-refractivity contribution in [3.8, 4) is 0 Å². The van der Waals surface area contributed by atoms with E-state index in [-0.39, 0.29) is 0 Å². The summed E-state index contributed by atoms with van der Waals surface area (Å²) in [4.78, 5) is 7.91. The molecule has 0 aliphatic carbocycles. The van der Waals surface area contributed by atoms with Crippen molar-refractivity contribution in [2.24, 2.45) is 0 Å². The van der Waals surface area contributed by atoms with E-state index in [0.717, 1.165) is 37.2 Å². The second-order valence-corrected chi connectivity index (χ2v) is 8.37. The lowest BCUT2D eigenvalue weighted by molar-refractivity contribution is 0.0550. The Morgan fingerprint density at radius 3 is 2.04 bits per heavy atom. The maximum Gasteiger partial charge on any atom is 0.0409 e. The smallest absolute Gasteiger partial charge is 0.0409 e. The largest absolute Gasteiger partial charge is 0.299 e. The molecule has 2 aliphatic heterocycles. The van der Waals surface area contributed by atoms with E-state index in [2.05, 4.69) is 63.2 Å². The number of hydrogen-bond acceptors (Lipinski definition) is 3. The molecule has 0 spiro atoms. The number of nitrogens with zero attached hydrogens (tertiary/aromatic N) is 3. The van der Waals surface area contributed by atoms with Gasteiger partial charge in [-0.15, -0.1) is 0 Å². The molecule has 0 bridgehead atoms. The zero-order chi connectivity index (χ0) is 18.5. The number of halogens is 1. The third-order valence-electron chi connectivity index (χ3n) is 6.02. The Balaban J connectivity index is 1.20. The average Bonchev–Trinajstić information content (AvgIpc) is 2.70. The predicted octanol–water partition coefficient (Wildman–Crippen LogP) is 4.12. The normalized spacial score (nSPS) is 20.8. The van der Waals surface area contributed by atoms with Gasteiger partial charge < -0.3 is 0 Å². The molecule has 0 aromatic heterocycles. The molecule has 0 saturated carbocycles. The van der Waals surface area contributed by atoms with Crippen molar-refractivity contribution < 1.29 is 0 Å². The minimum Gasteiger partial charge on any atom is -0.299 e. The zero-order valence-corrected chi connectivity index (χ0v) is 16.8. The van der Waals surface area contributed by atoms with Gasteiger partial charge in [-0.05, 0) is 49.2 Å². The first-order valence-corrected chi connectivity index (χ1v) is 10.6. The molecule has 27 heavy (non-hydrogen) atoms. The van der Waals surface area contributed by atoms with Crippen molar-refractivity contribution in [1.82, 2.24) is 14.7 Å². The molecule has 2 saturated heterocycles. The van der Waals surface area contributed by atoms with Crippen LogP contribution in [0.5, 0.6) is 0 Å². The Bertz CT molecular complexity index is 705. The number of piperazine rings is 1. The quantitative estimate of drug-likeness (QED) is 0.768. The summed E-state index contributed by atoms with van der Waals surface area (Å²) in [5, 5.41) is 0.841. The first-order valence-electron chi connectivity index (χ1n) is 10.2. The predicted molar refractivity (Wildman–Crippen MR) is 113 cm³/mol. The highest BCUT2D eigenvalue weighted by Gasteiger charge is 2.27. The van der Waals surface area contributed by atoms with E-state index in [4.69, 9.17) is 11.6 Å². The molecule has 4 heteroatoms. The number of likely N-dealkylation sites (tertiary alicyclic amines) is 1. The molecule has 2 aliphatic rings. The molecule has 0 atom stereocenters. The van der Waals surface area contributed by atoms with E-state index in [1.807, 2.05) is 6.07 Å². The molecule has 2 fully saturated rings. The van der Waals surface area contributed by atoms with Crippen molar-refractivity contribution in [1.29, 1.82) is 0 Å². The zero-order valence-electron chi connectivity index (χ0n) is 16.1. The summed E-state index contributed by atoms with van der Waals surface area (Å²) in [6.45, 7) is 9.29. The Morgan fingerprint density at radius 2 is 1.33 bits per heavy atom. The Kier molecular flexibility index (Phi) is 6.46. The van der Waals surface area contributed by atoms with Crippen LogP contribution in [-0.2, 0) is 13.1 Å². The molecular formula is C23H30ClN3. The van der Waals surface area contributed by atoms with Crippen LogP contribution in [0.4, 0.5) is 0 Å². The van der Waals surface area contributed by atoms with E-state index in [9.17, 15) is 0 Å². The molecule has 4 rings (SSSR count). The van der Waals surface area contributed by atoms with Gasteiger partial charge in [-0.25, -0.2) is 0 Å².